The van der Waals surface area contributed by atoms with Crippen LogP contribution in [-0.4, -0.2) is 62.2 Å². The average Bonchev–Trinajstić information content (AvgIpc) is 2.95. The number of rotatable bonds is 19. The molecule has 2 aromatic rings. The van der Waals surface area contributed by atoms with E-state index in [2.05, 4.69) is 20.8 Å². The Morgan fingerprint density at radius 3 is 1.62 bits per heavy atom. The van der Waals surface area contributed by atoms with Crippen molar-refractivity contribution in [3.8, 4) is 11.5 Å². The standard InChI is InChI=1S/C30H45O9P/c1-4-7-20-33-27-26(37-30(31)29(35-22-9-6-3)28(27)34-21-8-5-2)23-36-40(32,38-24-16-12-10-13-17-24)39-25-18-14-11-15-19-25/h10-19,26-31H,4-9,20-23H2,1-3H3/t26?,27-,28?,29-,30?/m1/s1. The SMILES string of the molecule is CCCCOC1[C@H](OCCCC)C(COP(=O)(Oc2ccccc2)Oc2ccccc2)OC(O)[C@@H]1OCCCC. The Hall–Kier alpha value is -1.97. The Morgan fingerprint density at radius 2 is 1.15 bits per heavy atom. The van der Waals surface area contributed by atoms with Gasteiger partial charge in [-0.05, 0) is 43.5 Å². The average molecular weight is 581 g/mol. The zero-order valence-corrected chi connectivity index (χ0v) is 24.8. The molecule has 0 saturated carbocycles. The number of ether oxygens (including phenoxy) is 4. The van der Waals surface area contributed by atoms with Crippen LogP contribution in [0, 0.1) is 0 Å². The maximum Gasteiger partial charge on any atom is 0.587 e. The number of unbranched alkanes of at least 4 members (excludes halogenated alkanes) is 3. The summed E-state index contributed by atoms with van der Waals surface area (Å²) in [5, 5.41) is 11.0. The molecule has 3 unspecified atom stereocenters. The first-order chi connectivity index (χ1) is 19.5. The predicted octanol–water partition coefficient (Wildman–Crippen LogP) is 6.54. The Balaban J connectivity index is 1.82. The molecule has 1 fully saturated rings. The highest BCUT2D eigenvalue weighted by atomic mass is 31.2. The van der Waals surface area contributed by atoms with Gasteiger partial charge in [-0.3, -0.25) is 4.52 Å². The van der Waals surface area contributed by atoms with Crippen LogP contribution in [0.2, 0.25) is 0 Å². The number of hydrogen-bond acceptors (Lipinski definition) is 9. The van der Waals surface area contributed by atoms with E-state index >= 15 is 0 Å². The minimum atomic E-state index is -4.18. The molecule has 0 spiro atoms. The van der Waals surface area contributed by atoms with Gasteiger partial charge >= 0.3 is 7.82 Å². The van der Waals surface area contributed by atoms with E-state index in [1.54, 1.807) is 48.5 Å². The van der Waals surface area contributed by atoms with E-state index in [0.717, 1.165) is 38.5 Å². The second-order valence-corrected chi connectivity index (χ2v) is 11.2. The molecule has 0 aliphatic carbocycles. The smallest absolute Gasteiger partial charge is 0.395 e. The molecule has 1 aliphatic rings. The molecular weight excluding hydrogens is 535 g/mol. The van der Waals surface area contributed by atoms with Crippen molar-refractivity contribution in [2.45, 2.75) is 90.0 Å². The van der Waals surface area contributed by atoms with Crippen molar-refractivity contribution in [1.29, 1.82) is 0 Å². The summed E-state index contributed by atoms with van der Waals surface area (Å²) in [6.07, 6.45) is 1.29. The van der Waals surface area contributed by atoms with Crippen molar-refractivity contribution >= 4 is 7.82 Å². The molecular formula is C30H45O9P. The van der Waals surface area contributed by atoms with Crippen LogP contribution in [0.4, 0.5) is 0 Å². The summed E-state index contributed by atoms with van der Waals surface area (Å²) < 4.78 is 55.8. The summed E-state index contributed by atoms with van der Waals surface area (Å²) in [4.78, 5) is 0. The van der Waals surface area contributed by atoms with E-state index in [1.165, 1.54) is 0 Å². The molecule has 0 bridgehead atoms. The summed E-state index contributed by atoms with van der Waals surface area (Å²) in [5.74, 6) is 0.652. The second kappa shape index (κ2) is 17.8. The predicted molar refractivity (Wildman–Crippen MR) is 153 cm³/mol. The highest BCUT2D eigenvalue weighted by Crippen LogP contribution is 2.50. The van der Waals surface area contributed by atoms with Gasteiger partial charge in [0.1, 0.15) is 35.9 Å². The van der Waals surface area contributed by atoms with E-state index in [1.807, 2.05) is 12.1 Å². The lowest BCUT2D eigenvalue weighted by atomic mass is 9.98. The van der Waals surface area contributed by atoms with Gasteiger partial charge in [-0.2, -0.15) is 0 Å². The van der Waals surface area contributed by atoms with Gasteiger partial charge in [0.05, 0.1) is 6.61 Å². The van der Waals surface area contributed by atoms with E-state index in [9.17, 15) is 9.67 Å². The number of hydrogen-bond donors (Lipinski definition) is 1. The molecule has 40 heavy (non-hydrogen) atoms. The van der Waals surface area contributed by atoms with Gasteiger partial charge in [0.2, 0.25) is 0 Å². The Kier molecular flexibility index (Phi) is 14.4. The summed E-state index contributed by atoms with van der Waals surface area (Å²) in [7, 11) is -4.18. The van der Waals surface area contributed by atoms with Crippen LogP contribution < -0.4 is 9.05 Å². The fourth-order valence-corrected chi connectivity index (χ4v) is 5.38. The molecule has 0 amide bonds. The lowest BCUT2D eigenvalue weighted by molar-refractivity contribution is -0.309. The molecule has 1 aliphatic heterocycles. The van der Waals surface area contributed by atoms with E-state index < -0.39 is 38.5 Å². The molecule has 3 rings (SSSR count). The van der Waals surface area contributed by atoms with Crippen molar-refractivity contribution < 1.29 is 42.2 Å². The van der Waals surface area contributed by atoms with E-state index in [4.69, 9.17) is 32.5 Å². The third kappa shape index (κ3) is 10.5. The summed E-state index contributed by atoms with van der Waals surface area (Å²) in [6.45, 7) is 7.41. The summed E-state index contributed by atoms with van der Waals surface area (Å²) >= 11 is 0. The van der Waals surface area contributed by atoms with Crippen molar-refractivity contribution in [3.05, 3.63) is 60.7 Å². The maximum absolute atomic E-state index is 13.9. The first-order valence-electron chi connectivity index (χ1n) is 14.4. The highest BCUT2D eigenvalue weighted by Gasteiger charge is 2.49. The minimum absolute atomic E-state index is 0.236. The Bertz CT molecular complexity index is 932. The zero-order valence-electron chi connectivity index (χ0n) is 23.9. The lowest BCUT2D eigenvalue weighted by Gasteiger charge is -2.44. The van der Waals surface area contributed by atoms with Gasteiger partial charge in [0.15, 0.2) is 6.29 Å². The second-order valence-electron chi connectivity index (χ2n) is 9.68. The summed E-state index contributed by atoms with van der Waals surface area (Å²) in [6, 6.07) is 17.3. The minimum Gasteiger partial charge on any atom is -0.395 e. The van der Waals surface area contributed by atoms with Gasteiger partial charge in [0.25, 0.3) is 0 Å². The first kappa shape index (κ1) is 32.5. The third-order valence-electron chi connectivity index (χ3n) is 6.35. The monoisotopic (exact) mass is 580 g/mol. The Morgan fingerprint density at radius 1 is 0.700 bits per heavy atom. The summed E-state index contributed by atoms with van der Waals surface area (Å²) in [5.41, 5.74) is 0. The Labute approximate surface area is 238 Å². The van der Waals surface area contributed by atoms with Crippen LogP contribution in [0.5, 0.6) is 11.5 Å². The van der Waals surface area contributed by atoms with Crippen LogP contribution in [0.15, 0.2) is 60.7 Å². The van der Waals surface area contributed by atoms with Crippen LogP contribution in [0.1, 0.15) is 59.3 Å². The lowest BCUT2D eigenvalue weighted by Crippen LogP contribution is -2.61. The number of para-hydroxylation sites is 2. The highest BCUT2D eigenvalue weighted by molar-refractivity contribution is 7.49. The fourth-order valence-electron chi connectivity index (χ4n) is 4.15. The van der Waals surface area contributed by atoms with Gasteiger partial charge in [0, 0.05) is 19.8 Å². The van der Waals surface area contributed by atoms with Crippen molar-refractivity contribution in [3.63, 3.8) is 0 Å². The molecule has 224 valence electrons. The van der Waals surface area contributed by atoms with Gasteiger partial charge in [-0.25, -0.2) is 4.57 Å². The molecule has 9 nitrogen and oxygen atoms in total. The van der Waals surface area contributed by atoms with Crippen molar-refractivity contribution in [2.75, 3.05) is 26.4 Å². The zero-order chi connectivity index (χ0) is 28.6. The first-order valence-corrected chi connectivity index (χ1v) is 15.9. The molecule has 5 atom stereocenters. The van der Waals surface area contributed by atoms with E-state index in [0.29, 0.717) is 31.3 Å². The van der Waals surface area contributed by atoms with Crippen LogP contribution in [-0.2, 0) is 28.0 Å². The third-order valence-corrected chi connectivity index (χ3v) is 7.69. The molecule has 0 radical (unpaired) electrons. The number of phosphoric ester groups is 1. The quantitative estimate of drug-likeness (QED) is 0.147. The molecule has 2 aromatic carbocycles. The largest absolute Gasteiger partial charge is 0.587 e. The number of phosphoric acid groups is 1. The molecule has 1 saturated heterocycles. The van der Waals surface area contributed by atoms with E-state index in [-0.39, 0.29) is 6.61 Å². The molecule has 1 N–H and O–H groups in total. The van der Waals surface area contributed by atoms with Gasteiger partial charge in [-0.15, -0.1) is 0 Å². The number of aliphatic hydroxyl groups is 1. The number of aliphatic hydroxyl groups excluding tert-OH is 1. The van der Waals surface area contributed by atoms with Gasteiger partial charge in [-0.1, -0.05) is 76.4 Å². The van der Waals surface area contributed by atoms with Gasteiger partial charge < -0.3 is 33.1 Å². The maximum atomic E-state index is 13.9. The number of benzene rings is 2. The van der Waals surface area contributed by atoms with Crippen molar-refractivity contribution in [2.24, 2.45) is 0 Å². The van der Waals surface area contributed by atoms with Crippen LogP contribution in [0.3, 0.4) is 0 Å². The van der Waals surface area contributed by atoms with Crippen molar-refractivity contribution in [1.82, 2.24) is 0 Å². The topological polar surface area (TPSA) is 102 Å². The van der Waals surface area contributed by atoms with Crippen LogP contribution >= 0.6 is 7.82 Å². The molecule has 10 heteroatoms. The molecule has 1 heterocycles. The molecule has 0 aromatic heterocycles. The normalized spacial score (nSPS) is 23.1. The fraction of sp³-hybridized carbons (Fsp3) is 0.600. The van der Waals surface area contributed by atoms with Crippen LogP contribution in [0.25, 0.3) is 0 Å².